The molecule has 1 atom stereocenters. The van der Waals surface area contributed by atoms with Gasteiger partial charge in [0.15, 0.2) is 16.6 Å². The van der Waals surface area contributed by atoms with Gasteiger partial charge in [0.1, 0.15) is 6.04 Å². The Morgan fingerprint density at radius 1 is 1.12 bits per heavy atom. The van der Waals surface area contributed by atoms with Gasteiger partial charge in [-0.3, -0.25) is 14.5 Å². The Morgan fingerprint density at radius 3 is 2.42 bits per heavy atom. The lowest BCUT2D eigenvalue weighted by Gasteiger charge is -2.24. The third-order valence-corrected chi connectivity index (χ3v) is 5.65. The Balaban J connectivity index is 1.88. The molecular formula is C22H22F3N3O4S. The fourth-order valence-corrected chi connectivity index (χ4v) is 4.04. The molecule has 1 heterocycles. The summed E-state index contributed by atoms with van der Waals surface area (Å²) in [5, 5.41) is 0.00560. The highest BCUT2D eigenvalue weighted by molar-refractivity contribution is 7.80. The van der Waals surface area contributed by atoms with Crippen molar-refractivity contribution in [1.29, 1.82) is 0 Å². The number of thiocarbonyl (C=S) groups is 1. The minimum Gasteiger partial charge on any atom is -0.493 e. The Hall–Kier alpha value is -3.34. The number of ether oxygens (including phenoxy) is 2. The number of carbonyl (C=O) groups excluding carboxylic acids is 2. The van der Waals surface area contributed by atoms with E-state index >= 15 is 0 Å². The van der Waals surface area contributed by atoms with Crippen molar-refractivity contribution in [3.63, 3.8) is 0 Å². The van der Waals surface area contributed by atoms with Crippen LogP contribution in [0, 0.1) is 0 Å². The van der Waals surface area contributed by atoms with Gasteiger partial charge in [0.05, 0.1) is 31.9 Å². The van der Waals surface area contributed by atoms with Crippen molar-refractivity contribution in [3.8, 4) is 11.5 Å². The molecular weight excluding hydrogens is 459 g/mol. The molecule has 2 aromatic rings. The van der Waals surface area contributed by atoms with Crippen LogP contribution in [0.3, 0.4) is 0 Å². The molecule has 1 aliphatic rings. The molecule has 3 rings (SSSR count). The molecule has 176 valence electrons. The third-order valence-electron chi connectivity index (χ3n) is 5.23. The lowest BCUT2D eigenvalue weighted by molar-refractivity contribution is -0.137. The predicted molar refractivity (Wildman–Crippen MR) is 119 cm³/mol. The minimum absolute atomic E-state index is 0.00560. The first-order chi connectivity index (χ1) is 15.6. The second kappa shape index (κ2) is 9.65. The van der Waals surface area contributed by atoms with E-state index in [9.17, 15) is 22.8 Å². The van der Waals surface area contributed by atoms with Crippen molar-refractivity contribution in [2.24, 2.45) is 5.73 Å². The number of carbonyl (C=O) groups is 2. The van der Waals surface area contributed by atoms with Gasteiger partial charge >= 0.3 is 6.18 Å². The van der Waals surface area contributed by atoms with E-state index in [1.54, 1.807) is 12.1 Å². The molecule has 0 bridgehead atoms. The van der Waals surface area contributed by atoms with E-state index < -0.39 is 29.6 Å². The van der Waals surface area contributed by atoms with E-state index in [1.807, 2.05) is 6.07 Å². The smallest absolute Gasteiger partial charge is 0.416 e. The van der Waals surface area contributed by atoms with Crippen molar-refractivity contribution in [2.45, 2.75) is 25.1 Å². The maximum atomic E-state index is 13.2. The van der Waals surface area contributed by atoms with Crippen LogP contribution in [-0.2, 0) is 22.2 Å². The Labute approximate surface area is 193 Å². The molecule has 0 saturated carbocycles. The first kappa shape index (κ1) is 24.3. The van der Waals surface area contributed by atoms with Gasteiger partial charge in [-0.1, -0.05) is 12.1 Å². The highest BCUT2D eigenvalue weighted by Gasteiger charge is 2.44. The lowest BCUT2D eigenvalue weighted by atomic mass is 10.1. The molecule has 0 radical (unpaired) electrons. The quantitative estimate of drug-likeness (QED) is 0.584. The molecule has 2 aromatic carbocycles. The maximum absolute atomic E-state index is 13.2. The fraction of sp³-hybridized carbons (Fsp3) is 0.318. The number of nitrogens with zero attached hydrogens (tertiary/aromatic N) is 2. The molecule has 11 heteroatoms. The second-order valence-corrected chi connectivity index (χ2v) is 7.69. The SMILES string of the molecule is COc1ccc(CCN2C(=S)N(c3cccc(C(F)(F)F)c3)C(=O)[C@H]2CC(N)=O)cc1OC. The van der Waals surface area contributed by atoms with Crippen molar-refractivity contribution in [3.05, 3.63) is 53.6 Å². The van der Waals surface area contributed by atoms with Crippen LogP contribution in [0.4, 0.5) is 18.9 Å². The van der Waals surface area contributed by atoms with Gasteiger partial charge in [-0.2, -0.15) is 13.2 Å². The highest BCUT2D eigenvalue weighted by Crippen LogP contribution is 2.34. The second-order valence-electron chi connectivity index (χ2n) is 7.32. The molecule has 0 aliphatic carbocycles. The summed E-state index contributed by atoms with van der Waals surface area (Å²) < 4.78 is 50.0. The van der Waals surface area contributed by atoms with Crippen LogP contribution in [0.15, 0.2) is 42.5 Å². The molecule has 1 fully saturated rings. The van der Waals surface area contributed by atoms with Gasteiger partial charge in [0.25, 0.3) is 5.91 Å². The Morgan fingerprint density at radius 2 is 1.82 bits per heavy atom. The van der Waals surface area contributed by atoms with Crippen LogP contribution in [0.1, 0.15) is 17.5 Å². The molecule has 2 N–H and O–H groups in total. The average Bonchev–Trinajstić information content (AvgIpc) is 3.00. The van der Waals surface area contributed by atoms with E-state index in [4.69, 9.17) is 27.4 Å². The van der Waals surface area contributed by atoms with Crippen molar-refractivity contribution >= 4 is 34.8 Å². The third kappa shape index (κ3) is 5.19. The van der Waals surface area contributed by atoms with E-state index in [2.05, 4.69) is 0 Å². The van der Waals surface area contributed by atoms with Crippen LogP contribution in [0.25, 0.3) is 0 Å². The fourth-order valence-electron chi connectivity index (χ4n) is 3.62. The van der Waals surface area contributed by atoms with Crippen LogP contribution < -0.4 is 20.1 Å². The number of alkyl halides is 3. The van der Waals surface area contributed by atoms with E-state index in [1.165, 1.54) is 31.3 Å². The molecule has 1 saturated heterocycles. The van der Waals surface area contributed by atoms with Crippen LogP contribution >= 0.6 is 12.2 Å². The zero-order valence-electron chi connectivity index (χ0n) is 17.9. The van der Waals surface area contributed by atoms with Gasteiger partial charge in [-0.05, 0) is 54.5 Å². The van der Waals surface area contributed by atoms with Crippen LogP contribution in [0.5, 0.6) is 11.5 Å². The monoisotopic (exact) mass is 481 g/mol. The number of primary amides is 1. The standard InChI is InChI=1S/C22H22F3N3O4S/c1-31-17-7-6-13(10-18(17)32-2)8-9-27-16(12-19(26)29)20(30)28(21(27)33)15-5-3-4-14(11-15)22(23,24)25/h3-7,10-11,16H,8-9,12H2,1-2H3,(H2,26,29)/t16-/m1/s1. The van der Waals surface area contributed by atoms with E-state index in [0.717, 1.165) is 22.6 Å². The van der Waals surface area contributed by atoms with Gasteiger partial charge < -0.3 is 20.1 Å². The summed E-state index contributed by atoms with van der Waals surface area (Å²) in [5.41, 5.74) is 5.24. The molecule has 0 aromatic heterocycles. The largest absolute Gasteiger partial charge is 0.493 e. The number of benzene rings is 2. The van der Waals surface area contributed by atoms with Gasteiger partial charge in [-0.15, -0.1) is 0 Å². The summed E-state index contributed by atoms with van der Waals surface area (Å²) in [6, 6.07) is 8.62. The predicted octanol–water partition coefficient (Wildman–Crippen LogP) is 3.14. The topological polar surface area (TPSA) is 85.1 Å². The number of anilines is 1. The Bertz CT molecular complexity index is 1080. The van der Waals surface area contributed by atoms with Gasteiger partial charge in [0, 0.05) is 6.54 Å². The summed E-state index contributed by atoms with van der Waals surface area (Å²) in [5.74, 6) is -0.256. The number of hydrogen-bond acceptors (Lipinski definition) is 5. The summed E-state index contributed by atoms with van der Waals surface area (Å²) in [6.45, 7) is 0.230. The van der Waals surface area contributed by atoms with Crippen LogP contribution in [0.2, 0.25) is 0 Å². The Kier molecular flexibility index (Phi) is 7.11. The normalized spacial score (nSPS) is 16.3. The highest BCUT2D eigenvalue weighted by atomic mass is 32.1. The average molecular weight is 481 g/mol. The number of hydrogen-bond donors (Lipinski definition) is 1. The lowest BCUT2D eigenvalue weighted by Crippen LogP contribution is -2.39. The molecule has 2 amide bonds. The first-order valence-corrected chi connectivity index (χ1v) is 10.3. The zero-order chi connectivity index (χ0) is 24.3. The summed E-state index contributed by atoms with van der Waals surface area (Å²) in [6.07, 6.45) is -4.49. The van der Waals surface area contributed by atoms with E-state index in [0.29, 0.717) is 17.9 Å². The summed E-state index contributed by atoms with van der Waals surface area (Å²) >= 11 is 5.44. The van der Waals surface area contributed by atoms with Crippen molar-refractivity contribution in [1.82, 2.24) is 4.90 Å². The van der Waals surface area contributed by atoms with Crippen LogP contribution in [-0.4, -0.2) is 48.6 Å². The first-order valence-electron chi connectivity index (χ1n) is 9.88. The van der Waals surface area contributed by atoms with Gasteiger partial charge in [0.2, 0.25) is 5.91 Å². The molecule has 7 nitrogen and oxygen atoms in total. The maximum Gasteiger partial charge on any atom is 0.416 e. The molecule has 1 aliphatic heterocycles. The van der Waals surface area contributed by atoms with Gasteiger partial charge in [-0.25, -0.2) is 0 Å². The zero-order valence-corrected chi connectivity index (χ0v) is 18.7. The molecule has 33 heavy (non-hydrogen) atoms. The number of rotatable bonds is 8. The van der Waals surface area contributed by atoms with Crippen molar-refractivity contribution < 1.29 is 32.2 Å². The van der Waals surface area contributed by atoms with Crippen molar-refractivity contribution in [2.75, 3.05) is 25.7 Å². The number of amides is 2. The minimum atomic E-state index is -4.58. The molecule has 0 unspecified atom stereocenters. The number of halogens is 3. The summed E-state index contributed by atoms with van der Waals surface area (Å²) in [7, 11) is 3.02. The number of nitrogens with two attached hydrogens (primary N) is 1. The van der Waals surface area contributed by atoms with E-state index in [-0.39, 0.29) is 23.8 Å². The molecule has 0 spiro atoms. The number of methoxy groups -OCH3 is 2. The summed E-state index contributed by atoms with van der Waals surface area (Å²) in [4.78, 5) is 27.2.